The van der Waals surface area contributed by atoms with Crippen molar-refractivity contribution in [2.24, 2.45) is 0 Å². The van der Waals surface area contributed by atoms with Gasteiger partial charge in [-0.25, -0.2) is 0 Å². The van der Waals surface area contributed by atoms with Crippen LogP contribution in [0, 0.1) is 0 Å². The van der Waals surface area contributed by atoms with Crippen LogP contribution in [0.5, 0.6) is 0 Å². The molecule has 0 bridgehead atoms. The Bertz CT molecular complexity index is 47.2. The first-order chi connectivity index (χ1) is 4.91. The summed E-state index contributed by atoms with van der Waals surface area (Å²) in [5.74, 6) is 4.06. The Hall–Kier alpha value is 0.700. The van der Waals surface area contributed by atoms with E-state index in [1.165, 1.54) is 36.5 Å². The van der Waals surface area contributed by atoms with Crippen LogP contribution in [0.3, 0.4) is 0 Å². The molecule has 0 fully saturated rings. The number of hydrogen-bond donors (Lipinski definition) is 0. The van der Waals surface area contributed by atoms with E-state index < -0.39 is 0 Å². The van der Waals surface area contributed by atoms with E-state index in [2.05, 4.69) is 24.9 Å². The van der Waals surface area contributed by atoms with Crippen LogP contribution < -0.4 is 0 Å². The van der Waals surface area contributed by atoms with Gasteiger partial charge in [0, 0.05) is 0 Å². The average molecular weight is 178 g/mol. The summed E-state index contributed by atoms with van der Waals surface area (Å²) in [5, 5.41) is 0. The highest BCUT2D eigenvalue weighted by Gasteiger charge is 1.87. The van der Waals surface area contributed by atoms with E-state index in [-0.39, 0.29) is 0 Å². The molecule has 0 rings (SSSR count). The highest BCUT2D eigenvalue weighted by molar-refractivity contribution is 7.99. The van der Waals surface area contributed by atoms with Gasteiger partial charge < -0.3 is 0 Å². The lowest BCUT2D eigenvalue weighted by Crippen LogP contribution is -1.85. The second-order valence-corrected chi connectivity index (χ2v) is 4.52. The molecule has 0 aliphatic carbocycles. The second-order valence-electron chi connectivity index (χ2n) is 2.31. The molecule has 0 unspecified atom stereocenters. The predicted octanol–water partition coefficient (Wildman–Crippen LogP) is 3.27. The van der Waals surface area contributed by atoms with Crippen molar-refractivity contribution in [2.45, 2.75) is 26.2 Å². The molecule has 0 spiro atoms. The molecule has 0 aromatic rings. The van der Waals surface area contributed by atoms with Gasteiger partial charge in [0.05, 0.1) is 0 Å². The third-order valence-electron chi connectivity index (χ3n) is 1.28. The molecule has 2 heteroatoms. The number of rotatable bonds is 7. The topological polar surface area (TPSA) is 0 Å². The van der Waals surface area contributed by atoms with Crippen molar-refractivity contribution in [3.63, 3.8) is 0 Å². The van der Waals surface area contributed by atoms with Crippen LogP contribution in [0.4, 0.5) is 0 Å². The molecule has 0 nitrogen and oxygen atoms in total. The summed E-state index contributed by atoms with van der Waals surface area (Å²) in [4.78, 5) is 0. The predicted molar refractivity (Wildman–Crippen MR) is 55.2 cm³/mol. The minimum absolute atomic E-state index is 1.33. The fourth-order valence-corrected chi connectivity index (χ4v) is 2.31. The Morgan fingerprint density at radius 3 is 2.30 bits per heavy atom. The maximum absolute atomic E-state index is 2.25. The van der Waals surface area contributed by atoms with Gasteiger partial charge in [0.1, 0.15) is 0 Å². The highest BCUT2D eigenvalue weighted by Crippen LogP contribution is 2.07. The molecule has 0 saturated carbocycles. The van der Waals surface area contributed by atoms with Crippen LogP contribution in [-0.2, 0) is 0 Å². The summed E-state index contributed by atoms with van der Waals surface area (Å²) in [6.45, 7) is 2.25. The highest BCUT2D eigenvalue weighted by atomic mass is 32.2. The van der Waals surface area contributed by atoms with E-state index in [0.717, 1.165) is 0 Å². The van der Waals surface area contributed by atoms with E-state index in [4.69, 9.17) is 0 Å². The zero-order chi connectivity index (χ0) is 7.66. The summed E-state index contributed by atoms with van der Waals surface area (Å²) < 4.78 is 0. The second kappa shape index (κ2) is 9.70. The minimum Gasteiger partial charge on any atom is -0.165 e. The third kappa shape index (κ3) is 8.70. The van der Waals surface area contributed by atoms with Crippen molar-refractivity contribution in [3.8, 4) is 0 Å². The zero-order valence-electron chi connectivity index (χ0n) is 7.06. The van der Waals surface area contributed by atoms with Crippen molar-refractivity contribution in [3.05, 3.63) is 0 Å². The van der Waals surface area contributed by atoms with Crippen LogP contribution in [0.15, 0.2) is 0 Å². The maximum atomic E-state index is 2.25. The van der Waals surface area contributed by atoms with Gasteiger partial charge in [-0.05, 0) is 36.4 Å². The first-order valence-corrected chi connectivity index (χ1v) is 6.53. The number of unbranched alkanes of at least 4 members (excludes halogenated alkanes) is 1. The Labute approximate surface area is 73.5 Å². The van der Waals surface area contributed by atoms with Gasteiger partial charge >= 0.3 is 0 Å². The fourth-order valence-electron chi connectivity index (χ4n) is 0.654. The van der Waals surface area contributed by atoms with E-state index in [1.807, 2.05) is 11.8 Å². The normalized spacial score (nSPS) is 10.2. The lowest BCUT2D eigenvalue weighted by molar-refractivity contribution is 0.895. The SMILES string of the molecule is CCCCSCCCSC. The molecule has 0 radical (unpaired) electrons. The summed E-state index contributed by atoms with van der Waals surface area (Å²) in [6.07, 6.45) is 6.30. The quantitative estimate of drug-likeness (QED) is 0.549. The van der Waals surface area contributed by atoms with Gasteiger partial charge in [0.25, 0.3) is 0 Å². The molecule has 10 heavy (non-hydrogen) atoms. The lowest BCUT2D eigenvalue weighted by atomic mass is 10.4. The van der Waals surface area contributed by atoms with E-state index in [1.54, 1.807) is 0 Å². The Morgan fingerprint density at radius 1 is 1.00 bits per heavy atom. The van der Waals surface area contributed by atoms with Gasteiger partial charge in [0.2, 0.25) is 0 Å². The molecule has 0 aromatic carbocycles. The summed E-state index contributed by atoms with van der Waals surface area (Å²) >= 11 is 4.06. The van der Waals surface area contributed by atoms with Crippen molar-refractivity contribution < 1.29 is 0 Å². The van der Waals surface area contributed by atoms with Crippen molar-refractivity contribution in [1.29, 1.82) is 0 Å². The molecule has 62 valence electrons. The van der Waals surface area contributed by atoms with Crippen molar-refractivity contribution >= 4 is 23.5 Å². The minimum atomic E-state index is 1.33. The number of thioether (sulfide) groups is 2. The van der Waals surface area contributed by atoms with Crippen LogP contribution in [0.2, 0.25) is 0 Å². The van der Waals surface area contributed by atoms with Crippen LogP contribution in [0.25, 0.3) is 0 Å². The molecule has 0 heterocycles. The van der Waals surface area contributed by atoms with Gasteiger partial charge in [-0.15, -0.1) is 0 Å². The molecule has 0 N–H and O–H groups in total. The first-order valence-electron chi connectivity index (χ1n) is 3.98. The van der Waals surface area contributed by atoms with Gasteiger partial charge in [-0.3, -0.25) is 0 Å². The maximum Gasteiger partial charge on any atom is -0.00597 e. The van der Waals surface area contributed by atoms with Crippen LogP contribution in [-0.4, -0.2) is 23.5 Å². The smallest absolute Gasteiger partial charge is 0.00597 e. The van der Waals surface area contributed by atoms with E-state index >= 15 is 0 Å². The monoisotopic (exact) mass is 178 g/mol. The first kappa shape index (κ1) is 10.7. The van der Waals surface area contributed by atoms with E-state index in [0.29, 0.717) is 0 Å². The Kier molecular flexibility index (Phi) is 10.4. The third-order valence-corrected chi connectivity index (χ3v) is 3.13. The molecule has 0 amide bonds. The summed E-state index contributed by atoms with van der Waals surface area (Å²) in [6, 6.07) is 0. The fraction of sp³-hybridized carbons (Fsp3) is 1.00. The standard InChI is InChI=1S/C8H18S2/c1-3-4-7-10-8-5-6-9-2/h3-8H2,1-2H3. The molecular formula is C8H18S2. The summed E-state index contributed by atoms with van der Waals surface area (Å²) in [7, 11) is 0. The molecule has 0 aliphatic heterocycles. The summed E-state index contributed by atoms with van der Waals surface area (Å²) in [5.41, 5.74) is 0. The van der Waals surface area contributed by atoms with E-state index in [9.17, 15) is 0 Å². The molecule has 0 atom stereocenters. The van der Waals surface area contributed by atoms with Gasteiger partial charge in [0.15, 0.2) is 0 Å². The van der Waals surface area contributed by atoms with Crippen LogP contribution >= 0.6 is 23.5 Å². The zero-order valence-corrected chi connectivity index (χ0v) is 8.69. The Balaban J connectivity index is 2.65. The lowest BCUT2D eigenvalue weighted by Gasteiger charge is -1.97. The molecule has 0 aromatic heterocycles. The average Bonchev–Trinajstić information content (AvgIpc) is 1.97. The van der Waals surface area contributed by atoms with Crippen molar-refractivity contribution in [2.75, 3.05) is 23.5 Å². The van der Waals surface area contributed by atoms with Crippen molar-refractivity contribution in [1.82, 2.24) is 0 Å². The molecule has 0 aliphatic rings. The Morgan fingerprint density at radius 2 is 1.70 bits per heavy atom. The van der Waals surface area contributed by atoms with Gasteiger partial charge in [-0.2, -0.15) is 23.5 Å². The van der Waals surface area contributed by atoms with Crippen LogP contribution in [0.1, 0.15) is 26.2 Å². The van der Waals surface area contributed by atoms with Gasteiger partial charge in [-0.1, -0.05) is 13.3 Å². The molecular weight excluding hydrogens is 160 g/mol. The largest absolute Gasteiger partial charge is 0.165 e. The number of hydrogen-bond acceptors (Lipinski definition) is 2. The molecule has 0 saturated heterocycles.